The lowest BCUT2D eigenvalue weighted by molar-refractivity contribution is -0.138. The summed E-state index contributed by atoms with van der Waals surface area (Å²) in [4.78, 5) is 11.1. The monoisotopic (exact) mass is 252 g/mol. The Hall–Kier alpha value is -0.830. The fourth-order valence-electron chi connectivity index (χ4n) is 3.59. The van der Waals surface area contributed by atoms with Crippen molar-refractivity contribution in [1.29, 1.82) is 0 Å². The van der Waals surface area contributed by atoms with Crippen LogP contribution in [0.4, 0.5) is 0 Å². The predicted octanol–water partition coefficient (Wildman–Crippen LogP) is 3.44. The van der Waals surface area contributed by atoms with Gasteiger partial charge in [-0.05, 0) is 31.3 Å². The summed E-state index contributed by atoms with van der Waals surface area (Å²) in [5, 5.41) is 0. The second kappa shape index (κ2) is 5.43. The zero-order chi connectivity index (χ0) is 13.2. The molecule has 0 aromatic rings. The summed E-state index contributed by atoms with van der Waals surface area (Å²) in [6, 6.07) is 0. The second-order valence-corrected chi connectivity index (χ2v) is 5.88. The first-order valence-electron chi connectivity index (χ1n) is 6.96. The van der Waals surface area contributed by atoms with Crippen LogP contribution in [0.5, 0.6) is 0 Å². The Kier molecular flexibility index (Phi) is 4.10. The van der Waals surface area contributed by atoms with Crippen molar-refractivity contribution in [2.24, 2.45) is 11.3 Å². The molecule has 1 saturated carbocycles. The van der Waals surface area contributed by atoms with Crippen LogP contribution >= 0.6 is 0 Å². The smallest absolute Gasteiger partial charge is 0.307 e. The van der Waals surface area contributed by atoms with E-state index in [1.165, 1.54) is 26.2 Å². The SMILES string of the molecule is CO[C@@H]1CCCC[C@H]2CC(OC(C)=O)=CC[C@@]21C. The van der Waals surface area contributed by atoms with Gasteiger partial charge in [-0.3, -0.25) is 4.79 Å². The van der Waals surface area contributed by atoms with Crippen LogP contribution in [-0.4, -0.2) is 19.2 Å². The van der Waals surface area contributed by atoms with E-state index in [1.807, 2.05) is 7.11 Å². The van der Waals surface area contributed by atoms with Crippen LogP contribution in [0, 0.1) is 11.3 Å². The normalized spacial score (nSPS) is 36.3. The molecule has 0 radical (unpaired) electrons. The molecule has 18 heavy (non-hydrogen) atoms. The van der Waals surface area contributed by atoms with Crippen LogP contribution in [0.15, 0.2) is 11.8 Å². The topological polar surface area (TPSA) is 35.5 Å². The summed E-state index contributed by atoms with van der Waals surface area (Å²) >= 11 is 0. The number of allylic oxidation sites excluding steroid dienone is 2. The number of hydrogen-bond donors (Lipinski definition) is 0. The van der Waals surface area contributed by atoms with Crippen LogP contribution in [0.25, 0.3) is 0 Å². The molecule has 3 nitrogen and oxygen atoms in total. The van der Waals surface area contributed by atoms with Gasteiger partial charge >= 0.3 is 5.97 Å². The number of ether oxygens (including phenoxy) is 2. The second-order valence-electron chi connectivity index (χ2n) is 5.88. The van der Waals surface area contributed by atoms with E-state index in [9.17, 15) is 4.79 Å². The molecule has 3 atom stereocenters. The molecule has 2 aliphatic rings. The van der Waals surface area contributed by atoms with E-state index >= 15 is 0 Å². The van der Waals surface area contributed by atoms with Gasteiger partial charge in [0.2, 0.25) is 0 Å². The van der Waals surface area contributed by atoms with E-state index in [2.05, 4.69) is 13.0 Å². The van der Waals surface area contributed by atoms with Crippen molar-refractivity contribution < 1.29 is 14.3 Å². The molecule has 0 aliphatic heterocycles. The number of carbonyl (C=O) groups is 1. The van der Waals surface area contributed by atoms with Gasteiger partial charge < -0.3 is 9.47 Å². The largest absolute Gasteiger partial charge is 0.432 e. The maximum absolute atomic E-state index is 11.1. The van der Waals surface area contributed by atoms with Crippen molar-refractivity contribution >= 4 is 5.97 Å². The molecule has 1 fully saturated rings. The predicted molar refractivity (Wildman–Crippen MR) is 69.9 cm³/mol. The molecule has 2 aliphatic carbocycles. The van der Waals surface area contributed by atoms with E-state index in [0.717, 1.165) is 25.0 Å². The van der Waals surface area contributed by atoms with Gasteiger partial charge in [-0.1, -0.05) is 19.8 Å². The molecule has 0 aromatic heterocycles. The average molecular weight is 252 g/mol. The summed E-state index contributed by atoms with van der Waals surface area (Å²) in [6.45, 7) is 3.80. The van der Waals surface area contributed by atoms with Gasteiger partial charge in [-0.15, -0.1) is 0 Å². The number of esters is 1. The lowest BCUT2D eigenvalue weighted by Crippen LogP contribution is -2.41. The number of carbonyl (C=O) groups excluding carboxylic acids is 1. The Labute approximate surface area is 110 Å². The molecule has 0 spiro atoms. The highest BCUT2D eigenvalue weighted by Crippen LogP contribution is 2.49. The third-order valence-electron chi connectivity index (χ3n) is 4.71. The van der Waals surface area contributed by atoms with Crippen molar-refractivity contribution in [1.82, 2.24) is 0 Å². The van der Waals surface area contributed by atoms with Crippen LogP contribution in [0.2, 0.25) is 0 Å². The molecular formula is C15H24O3. The molecule has 102 valence electrons. The van der Waals surface area contributed by atoms with Gasteiger partial charge in [0.05, 0.1) is 6.10 Å². The molecule has 0 bridgehead atoms. The van der Waals surface area contributed by atoms with Crippen molar-refractivity contribution in [2.75, 3.05) is 7.11 Å². The number of rotatable bonds is 2. The zero-order valence-corrected chi connectivity index (χ0v) is 11.7. The fraction of sp³-hybridized carbons (Fsp3) is 0.800. The third kappa shape index (κ3) is 2.61. The van der Waals surface area contributed by atoms with E-state index in [-0.39, 0.29) is 11.4 Å². The summed E-state index contributed by atoms with van der Waals surface area (Å²) in [5.41, 5.74) is 0.203. The summed E-state index contributed by atoms with van der Waals surface area (Å²) in [7, 11) is 1.82. The maximum atomic E-state index is 11.1. The van der Waals surface area contributed by atoms with E-state index in [0.29, 0.717) is 12.0 Å². The van der Waals surface area contributed by atoms with Gasteiger partial charge in [-0.25, -0.2) is 0 Å². The molecular weight excluding hydrogens is 228 g/mol. The fourth-order valence-corrected chi connectivity index (χ4v) is 3.59. The van der Waals surface area contributed by atoms with E-state index in [4.69, 9.17) is 9.47 Å². The van der Waals surface area contributed by atoms with Crippen molar-refractivity contribution in [3.8, 4) is 0 Å². The third-order valence-corrected chi connectivity index (χ3v) is 4.71. The molecule has 3 heteroatoms. The summed E-state index contributed by atoms with van der Waals surface area (Å²) in [5.74, 6) is 1.23. The Morgan fingerprint density at radius 3 is 2.78 bits per heavy atom. The van der Waals surface area contributed by atoms with Crippen molar-refractivity contribution in [3.63, 3.8) is 0 Å². The van der Waals surface area contributed by atoms with Crippen LogP contribution < -0.4 is 0 Å². The van der Waals surface area contributed by atoms with Crippen LogP contribution in [0.3, 0.4) is 0 Å². The first-order valence-corrected chi connectivity index (χ1v) is 6.96. The molecule has 0 saturated heterocycles. The minimum Gasteiger partial charge on any atom is -0.432 e. The molecule has 2 rings (SSSR count). The minimum atomic E-state index is -0.207. The average Bonchev–Trinajstić information content (AvgIpc) is 2.47. The highest BCUT2D eigenvalue weighted by Gasteiger charge is 2.44. The van der Waals surface area contributed by atoms with Gasteiger partial charge in [0.1, 0.15) is 5.76 Å². The molecule has 0 aromatic carbocycles. The van der Waals surface area contributed by atoms with E-state index in [1.54, 1.807) is 0 Å². The molecule has 0 N–H and O–H groups in total. The highest BCUT2D eigenvalue weighted by atomic mass is 16.5. The first-order chi connectivity index (χ1) is 8.56. The Morgan fingerprint density at radius 1 is 1.39 bits per heavy atom. The quantitative estimate of drug-likeness (QED) is 0.706. The molecule has 0 unspecified atom stereocenters. The lowest BCUT2D eigenvalue weighted by atomic mass is 9.65. The number of fused-ring (bicyclic) bond motifs is 1. The number of hydrogen-bond acceptors (Lipinski definition) is 3. The molecule has 0 amide bonds. The summed E-state index contributed by atoms with van der Waals surface area (Å²) in [6.07, 6.45) is 9.14. The van der Waals surface area contributed by atoms with Gasteiger partial charge in [0.25, 0.3) is 0 Å². The molecule has 0 heterocycles. The standard InChI is InChI=1S/C15H24O3/c1-11(16)18-13-8-9-15(2)12(10-13)6-4-5-7-14(15)17-3/h8,12,14H,4-7,9-10H2,1-3H3/t12-,14+,15-/m0/s1. The first kappa shape index (κ1) is 13.6. The van der Waals surface area contributed by atoms with Crippen molar-refractivity contribution in [3.05, 3.63) is 11.8 Å². The van der Waals surface area contributed by atoms with Gasteiger partial charge in [-0.2, -0.15) is 0 Å². The number of methoxy groups -OCH3 is 1. The maximum Gasteiger partial charge on any atom is 0.307 e. The van der Waals surface area contributed by atoms with E-state index < -0.39 is 0 Å². The van der Waals surface area contributed by atoms with Crippen LogP contribution in [0.1, 0.15) is 52.4 Å². The Balaban J connectivity index is 2.17. The lowest BCUT2D eigenvalue weighted by Gasteiger charge is -2.44. The Morgan fingerprint density at radius 2 is 2.11 bits per heavy atom. The van der Waals surface area contributed by atoms with Crippen LogP contribution in [-0.2, 0) is 14.3 Å². The van der Waals surface area contributed by atoms with Gasteiger partial charge in [0, 0.05) is 25.9 Å². The highest BCUT2D eigenvalue weighted by molar-refractivity contribution is 5.67. The Bertz CT molecular complexity index is 348. The van der Waals surface area contributed by atoms with Crippen molar-refractivity contribution in [2.45, 2.75) is 58.5 Å². The summed E-state index contributed by atoms with van der Waals surface area (Å²) < 4.78 is 11.0. The van der Waals surface area contributed by atoms with Gasteiger partial charge in [0.15, 0.2) is 0 Å². The zero-order valence-electron chi connectivity index (χ0n) is 11.7. The minimum absolute atomic E-state index is 0.203.